The van der Waals surface area contributed by atoms with Crippen LogP contribution in [0, 0.1) is 13.8 Å². The van der Waals surface area contributed by atoms with Gasteiger partial charge in [-0.15, -0.1) is 0 Å². The van der Waals surface area contributed by atoms with E-state index in [4.69, 9.17) is 4.74 Å². The van der Waals surface area contributed by atoms with E-state index < -0.39 is 11.4 Å². The van der Waals surface area contributed by atoms with E-state index in [-0.39, 0.29) is 35.4 Å². The molecule has 1 aromatic heterocycles. The summed E-state index contributed by atoms with van der Waals surface area (Å²) in [4.78, 5) is 39.7. The van der Waals surface area contributed by atoms with Gasteiger partial charge in [0.2, 0.25) is 11.2 Å². The average Bonchev–Trinajstić information content (AvgIpc) is 2.78. The number of amides is 1. The number of ether oxygens (including phenoxy) is 1. The second kappa shape index (κ2) is 9.25. The van der Waals surface area contributed by atoms with Gasteiger partial charge in [-0.05, 0) is 49.9 Å². The number of benzene rings is 2. The van der Waals surface area contributed by atoms with E-state index in [0.717, 1.165) is 28.5 Å². The van der Waals surface area contributed by atoms with E-state index >= 15 is 0 Å². The van der Waals surface area contributed by atoms with Crippen LogP contribution in [0.5, 0.6) is 5.75 Å². The van der Waals surface area contributed by atoms with Crippen molar-refractivity contribution in [2.45, 2.75) is 52.6 Å². The second-order valence-electron chi connectivity index (χ2n) is 9.03. The molecule has 7 nitrogen and oxygen atoms in total. The van der Waals surface area contributed by atoms with Gasteiger partial charge in [0.25, 0.3) is 5.91 Å². The van der Waals surface area contributed by atoms with Crippen molar-refractivity contribution in [1.29, 1.82) is 0 Å². The number of fused-ring (bicyclic) bond motifs is 1. The van der Waals surface area contributed by atoms with E-state index in [9.17, 15) is 14.4 Å². The molecular formula is C27H29N3O4. The van der Waals surface area contributed by atoms with Gasteiger partial charge >= 0.3 is 5.97 Å². The lowest BCUT2D eigenvalue weighted by molar-refractivity contribution is -0.132. The van der Waals surface area contributed by atoms with E-state index in [1.165, 1.54) is 6.92 Å². The Bertz CT molecular complexity index is 1270. The third kappa shape index (κ3) is 4.14. The lowest BCUT2D eigenvalue weighted by Crippen LogP contribution is -2.50. The Balaban J connectivity index is 2.03. The number of hydrogen-bond acceptors (Lipinski definition) is 5. The molecule has 2 aromatic carbocycles. The minimum atomic E-state index is -0.661. The maximum atomic E-state index is 13.5. The second-order valence-corrected chi connectivity index (χ2v) is 9.03. The lowest BCUT2D eigenvalue weighted by atomic mass is 9.80. The van der Waals surface area contributed by atoms with E-state index in [1.807, 2.05) is 38.1 Å². The van der Waals surface area contributed by atoms with Crippen molar-refractivity contribution in [2.24, 2.45) is 0 Å². The summed E-state index contributed by atoms with van der Waals surface area (Å²) in [5.41, 5.74) is 3.88. The summed E-state index contributed by atoms with van der Waals surface area (Å²) < 4.78 is 6.86. The quantitative estimate of drug-likeness (QED) is 0.538. The number of esters is 1. The molecule has 0 bridgehead atoms. The van der Waals surface area contributed by atoms with Gasteiger partial charge < -0.3 is 9.64 Å². The van der Waals surface area contributed by atoms with Gasteiger partial charge in [-0.2, -0.15) is 5.10 Å². The van der Waals surface area contributed by atoms with Crippen LogP contribution in [-0.4, -0.2) is 39.1 Å². The van der Waals surface area contributed by atoms with Gasteiger partial charge in [-0.1, -0.05) is 48.5 Å². The molecule has 2 heterocycles. The molecule has 1 aliphatic rings. The first-order valence-corrected chi connectivity index (χ1v) is 11.4. The monoisotopic (exact) mass is 459 g/mol. The van der Waals surface area contributed by atoms with Gasteiger partial charge in [0.15, 0.2) is 5.69 Å². The fourth-order valence-electron chi connectivity index (χ4n) is 4.78. The highest BCUT2D eigenvalue weighted by Crippen LogP contribution is 2.42. The first-order valence-electron chi connectivity index (χ1n) is 11.4. The zero-order valence-corrected chi connectivity index (χ0v) is 20.1. The van der Waals surface area contributed by atoms with Crippen LogP contribution in [0.3, 0.4) is 0 Å². The first kappa shape index (κ1) is 23.4. The summed E-state index contributed by atoms with van der Waals surface area (Å²) in [7, 11) is 0. The molecule has 1 amide bonds. The maximum absolute atomic E-state index is 13.5. The molecular weight excluding hydrogens is 430 g/mol. The van der Waals surface area contributed by atoms with Crippen LogP contribution in [0.4, 0.5) is 0 Å². The highest BCUT2D eigenvalue weighted by Gasteiger charge is 2.41. The van der Waals surface area contributed by atoms with Crippen molar-refractivity contribution in [1.82, 2.24) is 14.7 Å². The minimum Gasteiger partial charge on any atom is -0.420 e. The predicted molar refractivity (Wildman–Crippen MR) is 129 cm³/mol. The number of nitrogens with zero attached hydrogens (tertiary/aromatic N) is 3. The van der Waals surface area contributed by atoms with Crippen molar-refractivity contribution >= 4 is 11.9 Å². The van der Waals surface area contributed by atoms with Crippen LogP contribution >= 0.6 is 0 Å². The van der Waals surface area contributed by atoms with Crippen LogP contribution < -0.4 is 10.2 Å². The van der Waals surface area contributed by atoms with Gasteiger partial charge in [0, 0.05) is 25.4 Å². The van der Waals surface area contributed by atoms with Gasteiger partial charge in [0.05, 0.1) is 12.2 Å². The van der Waals surface area contributed by atoms with Crippen molar-refractivity contribution < 1.29 is 14.3 Å². The molecule has 4 rings (SSSR count). The normalized spacial score (nSPS) is 15.6. The largest absolute Gasteiger partial charge is 0.420 e. The predicted octanol–water partition coefficient (Wildman–Crippen LogP) is 4.02. The Morgan fingerprint density at radius 1 is 1.00 bits per heavy atom. The molecule has 1 atom stereocenters. The summed E-state index contributed by atoms with van der Waals surface area (Å²) in [5, 5.41) is 4.41. The van der Waals surface area contributed by atoms with E-state index in [1.54, 1.807) is 9.58 Å². The fourth-order valence-corrected chi connectivity index (χ4v) is 4.78. The van der Waals surface area contributed by atoms with Gasteiger partial charge in [-0.25, -0.2) is 0 Å². The number of aromatic nitrogens is 2. The molecule has 3 aromatic rings. The highest BCUT2D eigenvalue weighted by molar-refractivity contribution is 5.96. The molecule has 0 fully saturated rings. The zero-order chi connectivity index (χ0) is 24.6. The Labute approximate surface area is 199 Å². The fraction of sp³-hybridized carbons (Fsp3) is 0.333. The number of hydrogen-bond donors (Lipinski definition) is 0. The molecule has 0 radical (unpaired) electrons. The number of carbonyl (C=O) groups is 2. The van der Waals surface area contributed by atoms with Crippen molar-refractivity contribution in [3.63, 3.8) is 0 Å². The first-order chi connectivity index (χ1) is 16.2. The SMILES string of the molecule is CC(=O)Oc1c2n(ncc1=O)[C@@H](C(c1ccccc1C)c1ccccc1C)CN(C(C)C)C2=O. The Kier molecular flexibility index (Phi) is 6.37. The third-order valence-corrected chi connectivity index (χ3v) is 6.43. The Hall–Kier alpha value is -3.74. The molecule has 0 saturated carbocycles. The van der Waals surface area contributed by atoms with Crippen molar-refractivity contribution in [2.75, 3.05) is 6.54 Å². The number of rotatable bonds is 5. The summed E-state index contributed by atoms with van der Waals surface area (Å²) in [6, 6.07) is 15.9. The van der Waals surface area contributed by atoms with Gasteiger partial charge in [-0.3, -0.25) is 19.1 Å². The lowest BCUT2D eigenvalue weighted by Gasteiger charge is -2.41. The minimum absolute atomic E-state index is 0.0137. The molecule has 7 heteroatoms. The molecule has 0 N–H and O–H groups in total. The topological polar surface area (TPSA) is 81.5 Å². The third-order valence-electron chi connectivity index (χ3n) is 6.43. The van der Waals surface area contributed by atoms with Crippen molar-refractivity contribution in [3.8, 4) is 5.75 Å². The molecule has 0 spiro atoms. The zero-order valence-electron chi connectivity index (χ0n) is 20.1. The highest BCUT2D eigenvalue weighted by atomic mass is 16.5. The summed E-state index contributed by atoms with van der Waals surface area (Å²) in [5.74, 6) is -1.46. The van der Waals surface area contributed by atoms with E-state index in [0.29, 0.717) is 6.54 Å². The van der Waals surface area contributed by atoms with Crippen LogP contribution in [-0.2, 0) is 4.79 Å². The molecule has 0 unspecified atom stereocenters. The average molecular weight is 460 g/mol. The molecule has 176 valence electrons. The maximum Gasteiger partial charge on any atom is 0.308 e. The van der Waals surface area contributed by atoms with Crippen LogP contribution in [0.15, 0.2) is 59.5 Å². The Morgan fingerprint density at radius 2 is 1.56 bits per heavy atom. The number of aryl methyl sites for hydroxylation is 2. The van der Waals surface area contributed by atoms with Crippen molar-refractivity contribution in [3.05, 3.63) is 92.9 Å². The van der Waals surface area contributed by atoms with Crippen LogP contribution in [0.25, 0.3) is 0 Å². The molecule has 0 aliphatic carbocycles. The molecule has 34 heavy (non-hydrogen) atoms. The van der Waals surface area contributed by atoms with E-state index in [2.05, 4.69) is 43.2 Å². The molecule has 1 aliphatic heterocycles. The number of carbonyl (C=O) groups excluding carboxylic acids is 2. The van der Waals surface area contributed by atoms with Gasteiger partial charge in [0.1, 0.15) is 0 Å². The summed E-state index contributed by atoms with van der Waals surface area (Å²) >= 11 is 0. The standard InChI is InChI=1S/C27H29N3O4/c1-16(2)29-15-22(30-25(27(29)33)26(34-19(5)31)23(32)14-28-30)24(20-12-8-6-10-17(20)3)21-13-9-7-11-18(21)4/h6-14,16,22,24H,15H2,1-5H3/t22-/m1/s1. The van der Waals surface area contributed by atoms with Crippen LogP contribution in [0.2, 0.25) is 0 Å². The molecule has 0 saturated heterocycles. The smallest absolute Gasteiger partial charge is 0.308 e. The Morgan fingerprint density at radius 3 is 2.06 bits per heavy atom. The summed E-state index contributed by atoms with van der Waals surface area (Å²) in [6.45, 7) is 9.61. The summed E-state index contributed by atoms with van der Waals surface area (Å²) in [6.07, 6.45) is 1.12. The van der Waals surface area contributed by atoms with Crippen LogP contribution in [0.1, 0.15) is 65.5 Å².